The summed E-state index contributed by atoms with van der Waals surface area (Å²) in [6, 6.07) is 5.12. The molecular weight excluding hydrogens is 258 g/mol. The summed E-state index contributed by atoms with van der Waals surface area (Å²) < 4.78 is 4.65. The molecule has 0 saturated heterocycles. The lowest BCUT2D eigenvalue weighted by atomic mass is 10.1. The first-order valence-electron chi connectivity index (χ1n) is 6.45. The van der Waals surface area contributed by atoms with Gasteiger partial charge in [-0.05, 0) is 32.0 Å². The minimum Gasteiger partial charge on any atom is -0.465 e. The molecule has 20 heavy (non-hydrogen) atoms. The highest BCUT2D eigenvalue weighted by Gasteiger charge is 2.10. The van der Waals surface area contributed by atoms with Gasteiger partial charge >= 0.3 is 5.97 Å². The number of benzene rings is 1. The number of methoxy groups -OCH3 is 1. The second-order valence-electron chi connectivity index (χ2n) is 4.69. The van der Waals surface area contributed by atoms with Gasteiger partial charge in [0.25, 0.3) is 0 Å². The lowest BCUT2D eigenvalue weighted by Gasteiger charge is -2.11. The van der Waals surface area contributed by atoms with Gasteiger partial charge in [-0.1, -0.05) is 0 Å². The second kappa shape index (κ2) is 7.37. The normalized spacial score (nSPS) is 10.2. The van der Waals surface area contributed by atoms with Gasteiger partial charge in [-0.15, -0.1) is 0 Å². The zero-order chi connectivity index (χ0) is 15.1. The highest BCUT2D eigenvalue weighted by atomic mass is 16.5. The van der Waals surface area contributed by atoms with Crippen LogP contribution in [-0.2, 0) is 9.53 Å². The van der Waals surface area contributed by atoms with Crippen molar-refractivity contribution in [2.24, 2.45) is 0 Å². The first-order chi connectivity index (χ1) is 9.43. The molecule has 0 aliphatic carbocycles. The molecule has 0 radical (unpaired) electrons. The Morgan fingerprint density at radius 3 is 2.65 bits per heavy atom. The summed E-state index contributed by atoms with van der Waals surface area (Å²) in [5.74, 6) is -0.500. The number of hydrogen-bond acceptors (Lipinski definition) is 5. The van der Waals surface area contributed by atoms with Gasteiger partial charge in [0.05, 0.1) is 12.7 Å². The summed E-state index contributed by atoms with van der Waals surface area (Å²) >= 11 is 0. The molecule has 0 spiro atoms. The van der Waals surface area contributed by atoms with Crippen LogP contribution in [0.1, 0.15) is 30.6 Å². The number of anilines is 2. The minimum absolute atomic E-state index is 0.0175. The number of carbonyl (C=O) groups is 2. The summed E-state index contributed by atoms with van der Waals surface area (Å²) in [7, 11) is 1.30. The van der Waals surface area contributed by atoms with Gasteiger partial charge in [-0.25, -0.2) is 4.79 Å². The highest BCUT2D eigenvalue weighted by molar-refractivity contribution is 5.96. The molecule has 6 heteroatoms. The molecule has 110 valence electrons. The van der Waals surface area contributed by atoms with Crippen LogP contribution in [0.5, 0.6) is 0 Å². The van der Waals surface area contributed by atoms with Gasteiger partial charge in [-0.3, -0.25) is 4.79 Å². The van der Waals surface area contributed by atoms with Crippen molar-refractivity contribution < 1.29 is 14.3 Å². The number of esters is 1. The van der Waals surface area contributed by atoms with E-state index in [4.69, 9.17) is 5.73 Å². The van der Waals surface area contributed by atoms with E-state index in [9.17, 15) is 9.59 Å². The van der Waals surface area contributed by atoms with Gasteiger partial charge in [-0.2, -0.15) is 0 Å². The zero-order valence-electron chi connectivity index (χ0n) is 12.0. The monoisotopic (exact) mass is 279 g/mol. The smallest absolute Gasteiger partial charge is 0.340 e. The number of hydrogen-bond donors (Lipinski definition) is 3. The van der Waals surface area contributed by atoms with Crippen molar-refractivity contribution in [1.82, 2.24) is 5.32 Å². The van der Waals surface area contributed by atoms with Crippen molar-refractivity contribution in [1.29, 1.82) is 0 Å². The van der Waals surface area contributed by atoms with E-state index in [2.05, 4.69) is 15.4 Å². The molecule has 0 aliphatic rings. The molecule has 0 unspecified atom stereocenters. The number of nitrogen functional groups attached to an aromatic ring is 1. The Morgan fingerprint density at radius 1 is 1.35 bits per heavy atom. The Labute approximate surface area is 118 Å². The van der Waals surface area contributed by atoms with Crippen LogP contribution < -0.4 is 16.4 Å². The molecule has 0 fully saturated rings. The Bertz CT molecular complexity index is 487. The number of rotatable bonds is 6. The van der Waals surface area contributed by atoms with Gasteiger partial charge in [0.2, 0.25) is 5.91 Å². The average molecular weight is 279 g/mol. The summed E-state index contributed by atoms with van der Waals surface area (Å²) in [5.41, 5.74) is 7.09. The Balaban J connectivity index is 2.57. The predicted octanol–water partition coefficient (Wildman–Crippen LogP) is 1.38. The molecule has 0 aliphatic heterocycles. The van der Waals surface area contributed by atoms with Crippen molar-refractivity contribution in [3.63, 3.8) is 0 Å². The number of nitrogens with two attached hydrogens (primary N) is 1. The topological polar surface area (TPSA) is 93.4 Å². The molecule has 1 amide bonds. The fourth-order valence-corrected chi connectivity index (χ4v) is 1.67. The minimum atomic E-state index is -0.483. The number of amides is 1. The van der Waals surface area contributed by atoms with Crippen LogP contribution in [-0.4, -0.2) is 31.6 Å². The Morgan fingerprint density at radius 2 is 2.05 bits per heavy atom. The van der Waals surface area contributed by atoms with Crippen molar-refractivity contribution >= 4 is 23.3 Å². The summed E-state index contributed by atoms with van der Waals surface area (Å²) in [5, 5.41) is 5.88. The first kappa shape index (κ1) is 15.8. The Hall–Kier alpha value is -2.24. The van der Waals surface area contributed by atoms with Crippen molar-refractivity contribution in [3.8, 4) is 0 Å². The van der Waals surface area contributed by atoms with Crippen molar-refractivity contribution in [3.05, 3.63) is 23.8 Å². The molecule has 0 saturated carbocycles. The molecular formula is C14H21N3O3. The van der Waals surface area contributed by atoms with E-state index < -0.39 is 5.97 Å². The standard InChI is InChI=1S/C14H21N3O3/c1-9(2)17-13(18)6-7-16-10-4-5-12(15)11(8-10)14(19)20-3/h4-5,8-9,16H,6-7,15H2,1-3H3,(H,17,18). The van der Waals surface area contributed by atoms with Crippen LogP contribution in [0, 0.1) is 0 Å². The van der Waals surface area contributed by atoms with E-state index >= 15 is 0 Å². The maximum atomic E-state index is 11.5. The number of carbonyl (C=O) groups excluding carboxylic acids is 2. The van der Waals surface area contributed by atoms with E-state index in [-0.39, 0.29) is 11.9 Å². The predicted molar refractivity (Wildman–Crippen MR) is 78.6 cm³/mol. The largest absolute Gasteiger partial charge is 0.465 e. The van der Waals surface area contributed by atoms with Crippen molar-refractivity contribution in [2.75, 3.05) is 24.7 Å². The van der Waals surface area contributed by atoms with Crippen LogP contribution in [0.3, 0.4) is 0 Å². The van der Waals surface area contributed by atoms with Gasteiger partial charge < -0.3 is 21.1 Å². The summed E-state index contributed by atoms with van der Waals surface area (Å²) in [6.45, 7) is 4.30. The maximum Gasteiger partial charge on any atom is 0.340 e. The van der Waals surface area contributed by atoms with Crippen LogP contribution in [0.4, 0.5) is 11.4 Å². The van der Waals surface area contributed by atoms with Crippen LogP contribution in [0.15, 0.2) is 18.2 Å². The quantitative estimate of drug-likeness (QED) is 0.540. The highest BCUT2D eigenvalue weighted by Crippen LogP contribution is 2.18. The van der Waals surface area contributed by atoms with Gasteiger partial charge in [0, 0.05) is 30.4 Å². The van der Waals surface area contributed by atoms with Gasteiger partial charge in [0.15, 0.2) is 0 Å². The van der Waals surface area contributed by atoms with Crippen LogP contribution in [0.2, 0.25) is 0 Å². The zero-order valence-corrected chi connectivity index (χ0v) is 12.0. The molecule has 0 heterocycles. The van der Waals surface area contributed by atoms with E-state index in [0.29, 0.717) is 24.2 Å². The third kappa shape index (κ3) is 4.79. The first-order valence-corrected chi connectivity index (χ1v) is 6.45. The van der Waals surface area contributed by atoms with Crippen LogP contribution in [0.25, 0.3) is 0 Å². The Kier molecular flexibility index (Phi) is 5.83. The molecule has 0 bridgehead atoms. The number of nitrogens with one attached hydrogen (secondary N) is 2. The molecule has 1 aromatic rings. The lowest BCUT2D eigenvalue weighted by molar-refractivity contribution is -0.121. The van der Waals surface area contributed by atoms with Crippen LogP contribution >= 0.6 is 0 Å². The lowest BCUT2D eigenvalue weighted by Crippen LogP contribution is -2.31. The molecule has 1 aromatic carbocycles. The molecule has 0 aromatic heterocycles. The van der Waals surface area contributed by atoms with E-state index in [1.165, 1.54) is 7.11 Å². The second-order valence-corrected chi connectivity index (χ2v) is 4.69. The SMILES string of the molecule is COC(=O)c1cc(NCCC(=O)NC(C)C)ccc1N. The third-order valence-corrected chi connectivity index (χ3v) is 2.59. The summed E-state index contributed by atoms with van der Waals surface area (Å²) in [6.07, 6.45) is 0.357. The van der Waals surface area contributed by atoms with E-state index in [1.807, 2.05) is 13.8 Å². The third-order valence-electron chi connectivity index (χ3n) is 2.59. The average Bonchev–Trinajstić information content (AvgIpc) is 2.39. The van der Waals surface area contributed by atoms with E-state index in [1.54, 1.807) is 18.2 Å². The molecule has 4 N–H and O–H groups in total. The van der Waals surface area contributed by atoms with E-state index in [0.717, 1.165) is 5.69 Å². The maximum absolute atomic E-state index is 11.5. The van der Waals surface area contributed by atoms with Gasteiger partial charge in [0.1, 0.15) is 0 Å². The summed E-state index contributed by atoms with van der Waals surface area (Å²) in [4.78, 5) is 23.0. The molecule has 6 nitrogen and oxygen atoms in total. The molecule has 1 rings (SSSR count). The fourth-order valence-electron chi connectivity index (χ4n) is 1.67. The molecule has 0 atom stereocenters. The van der Waals surface area contributed by atoms with Crippen molar-refractivity contribution in [2.45, 2.75) is 26.3 Å². The number of ether oxygens (including phenoxy) is 1. The fraction of sp³-hybridized carbons (Fsp3) is 0.429.